The van der Waals surface area contributed by atoms with Crippen molar-refractivity contribution < 1.29 is 14.3 Å². The number of nitrogens with zero attached hydrogens (tertiary/aromatic N) is 1. The zero-order valence-electron chi connectivity index (χ0n) is 13.3. The van der Waals surface area contributed by atoms with E-state index in [4.69, 9.17) is 10.5 Å². The lowest BCUT2D eigenvalue weighted by Crippen LogP contribution is -2.28. The van der Waals surface area contributed by atoms with E-state index in [2.05, 4.69) is 10.4 Å². The van der Waals surface area contributed by atoms with Crippen LogP contribution in [0.2, 0.25) is 0 Å². The van der Waals surface area contributed by atoms with Crippen molar-refractivity contribution in [2.75, 3.05) is 11.9 Å². The fourth-order valence-electron chi connectivity index (χ4n) is 2.01. The maximum atomic E-state index is 12.2. The molecule has 8 heteroatoms. The Kier molecular flexibility index (Phi) is 4.55. The third kappa shape index (κ3) is 3.98. The Labute approximate surface area is 132 Å². The Morgan fingerprint density at radius 3 is 2.65 bits per heavy atom. The summed E-state index contributed by atoms with van der Waals surface area (Å²) in [5.41, 5.74) is 5.01. The highest BCUT2D eigenvalue weighted by Crippen LogP contribution is 2.18. The van der Waals surface area contributed by atoms with Crippen molar-refractivity contribution in [3.63, 3.8) is 0 Å². The molecule has 0 bridgehead atoms. The molecule has 0 fully saturated rings. The van der Waals surface area contributed by atoms with Gasteiger partial charge in [-0.1, -0.05) is 0 Å². The van der Waals surface area contributed by atoms with Crippen LogP contribution in [0.1, 0.15) is 27.2 Å². The lowest BCUT2D eigenvalue weighted by Gasteiger charge is -2.19. The molecule has 2 rings (SSSR count). The van der Waals surface area contributed by atoms with Crippen LogP contribution in [-0.4, -0.2) is 33.9 Å². The first-order valence-electron chi connectivity index (χ1n) is 7.19. The van der Waals surface area contributed by atoms with E-state index in [9.17, 15) is 14.4 Å². The number of benzene rings is 1. The first-order valence-corrected chi connectivity index (χ1v) is 7.19. The molecule has 0 unspecified atom stereocenters. The summed E-state index contributed by atoms with van der Waals surface area (Å²) in [5, 5.41) is 5.42. The third-order valence-electron chi connectivity index (χ3n) is 2.93. The molecule has 0 saturated heterocycles. The third-order valence-corrected chi connectivity index (χ3v) is 2.93. The fourth-order valence-corrected chi connectivity index (χ4v) is 2.01. The number of hydrogen-bond acceptors (Lipinski definition) is 5. The zero-order chi connectivity index (χ0) is 17.2. The van der Waals surface area contributed by atoms with Gasteiger partial charge in [0.25, 0.3) is 5.56 Å². The average molecular weight is 320 g/mol. The highest BCUT2D eigenvalue weighted by Gasteiger charge is 2.21. The van der Waals surface area contributed by atoms with Crippen LogP contribution < -0.4 is 16.6 Å². The van der Waals surface area contributed by atoms with Gasteiger partial charge in [-0.2, -0.15) is 4.68 Å². The summed E-state index contributed by atoms with van der Waals surface area (Å²) in [6.45, 7) is 5.42. The van der Waals surface area contributed by atoms with Crippen LogP contribution >= 0.6 is 0 Å². The second-order valence-electron chi connectivity index (χ2n) is 6.08. The highest BCUT2D eigenvalue weighted by atomic mass is 16.6. The summed E-state index contributed by atoms with van der Waals surface area (Å²) in [6.07, 6.45) is -0.514. The van der Waals surface area contributed by atoms with Crippen LogP contribution in [-0.2, 0) is 9.53 Å². The molecule has 1 heterocycles. The number of amides is 1. The van der Waals surface area contributed by atoms with Gasteiger partial charge in [0.15, 0.2) is 0 Å². The number of hydrogen-bond donors (Lipinski definition) is 3. The number of fused-ring (bicyclic) bond motifs is 1. The molecule has 124 valence electrons. The molecule has 0 saturated carbocycles. The second-order valence-corrected chi connectivity index (χ2v) is 6.08. The standard InChI is InChI=1S/C15H20N4O4/c1-15(2,3)23-14(22)19-11-8-9(17-12(20)6-7-16)4-5-10(11)13(21)18-19/h4-5,8H,6-7,16H2,1-3H3,(H,17,20)(H,18,21). The van der Waals surface area contributed by atoms with Gasteiger partial charge < -0.3 is 15.8 Å². The quantitative estimate of drug-likeness (QED) is 0.789. The SMILES string of the molecule is CC(C)(C)OC(=O)n1[nH]c(=O)c2ccc(NC(=O)CCN)cc21. The molecule has 0 atom stereocenters. The van der Waals surface area contributed by atoms with E-state index in [-0.39, 0.29) is 18.9 Å². The first-order chi connectivity index (χ1) is 10.7. The van der Waals surface area contributed by atoms with Crippen LogP contribution in [0.25, 0.3) is 10.9 Å². The van der Waals surface area contributed by atoms with Crippen LogP contribution in [0.3, 0.4) is 0 Å². The molecule has 0 aliphatic rings. The molecule has 0 aliphatic carbocycles. The van der Waals surface area contributed by atoms with Gasteiger partial charge in [-0.15, -0.1) is 0 Å². The predicted molar refractivity (Wildman–Crippen MR) is 86.5 cm³/mol. The van der Waals surface area contributed by atoms with Crippen molar-refractivity contribution in [1.82, 2.24) is 9.78 Å². The molecule has 8 nitrogen and oxygen atoms in total. The van der Waals surface area contributed by atoms with Gasteiger partial charge in [0.2, 0.25) is 5.91 Å². The van der Waals surface area contributed by atoms with E-state index in [1.165, 1.54) is 12.1 Å². The summed E-state index contributed by atoms with van der Waals surface area (Å²) in [6, 6.07) is 4.66. The topological polar surface area (TPSA) is 119 Å². The molecule has 4 N–H and O–H groups in total. The Hall–Kier alpha value is -2.61. The predicted octanol–water partition coefficient (Wildman–Crippen LogP) is 1.40. The average Bonchev–Trinajstić information content (AvgIpc) is 2.74. The molecule has 0 spiro atoms. The minimum Gasteiger partial charge on any atom is -0.442 e. The van der Waals surface area contributed by atoms with Crippen LogP contribution in [0.15, 0.2) is 23.0 Å². The molecule has 1 amide bonds. The molecule has 0 aliphatic heterocycles. The summed E-state index contributed by atoms with van der Waals surface area (Å²) in [7, 11) is 0. The molecule has 23 heavy (non-hydrogen) atoms. The summed E-state index contributed by atoms with van der Waals surface area (Å²) in [4.78, 5) is 35.7. The van der Waals surface area contributed by atoms with E-state index < -0.39 is 17.3 Å². The number of aromatic amines is 1. The summed E-state index contributed by atoms with van der Waals surface area (Å²) < 4.78 is 6.28. The smallest absolute Gasteiger partial charge is 0.434 e. The number of carbonyl (C=O) groups is 2. The van der Waals surface area contributed by atoms with E-state index >= 15 is 0 Å². The number of ether oxygens (including phenoxy) is 1. The number of carbonyl (C=O) groups excluding carboxylic acids is 2. The number of aromatic nitrogens is 2. The Morgan fingerprint density at radius 2 is 2.04 bits per heavy atom. The van der Waals surface area contributed by atoms with E-state index in [1.54, 1.807) is 26.8 Å². The van der Waals surface area contributed by atoms with Crippen molar-refractivity contribution in [1.29, 1.82) is 0 Å². The lowest BCUT2D eigenvalue weighted by atomic mass is 10.2. The molecule has 1 aromatic carbocycles. The maximum absolute atomic E-state index is 12.2. The van der Waals surface area contributed by atoms with Crippen molar-refractivity contribution in [2.24, 2.45) is 5.73 Å². The van der Waals surface area contributed by atoms with Crippen molar-refractivity contribution in [3.05, 3.63) is 28.6 Å². The van der Waals surface area contributed by atoms with Gasteiger partial charge >= 0.3 is 6.09 Å². The Balaban J connectivity index is 2.40. The minimum absolute atomic E-state index is 0.185. The van der Waals surface area contributed by atoms with Crippen molar-refractivity contribution in [3.8, 4) is 0 Å². The maximum Gasteiger partial charge on any atom is 0.434 e. The van der Waals surface area contributed by atoms with Gasteiger partial charge in [0.1, 0.15) is 5.60 Å². The Morgan fingerprint density at radius 1 is 1.35 bits per heavy atom. The van der Waals surface area contributed by atoms with E-state index in [0.717, 1.165) is 4.68 Å². The lowest BCUT2D eigenvalue weighted by molar-refractivity contribution is -0.116. The largest absolute Gasteiger partial charge is 0.442 e. The highest BCUT2D eigenvalue weighted by molar-refractivity contribution is 5.95. The van der Waals surface area contributed by atoms with Crippen LogP contribution in [0.5, 0.6) is 0 Å². The summed E-state index contributed by atoms with van der Waals surface area (Å²) >= 11 is 0. The molecule has 1 aromatic heterocycles. The monoisotopic (exact) mass is 320 g/mol. The normalized spacial score (nSPS) is 11.5. The van der Waals surface area contributed by atoms with Gasteiger partial charge in [-0.25, -0.2) is 4.79 Å². The number of H-pyrrole nitrogens is 1. The molecular weight excluding hydrogens is 300 g/mol. The van der Waals surface area contributed by atoms with Crippen LogP contribution in [0.4, 0.5) is 10.5 Å². The summed E-state index contributed by atoms with van der Waals surface area (Å²) in [5.74, 6) is -0.242. The number of anilines is 1. The van der Waals surface area contributed by atoms with Crippen molar-refractivity contribution in [2.45, 2.75) is 32.8 Å². The second kappa shape index (κ2) is 6.25. The Bertz CT molecular complexity index is 798. The van der Waals surface area contributed by atoms with Crippen molar-refractivity contribution >= 4 is 28.6 Å². The van der Waals surface area contributed by atoms with Crippen LogP contribution in [0, 0.1) is 0 Å². The minimum atomic E-state index is -0.699. The number of nitrogens with one attached hydrogen (secondary N) is 2. The van der Waals surface area contributed by atoms with E-state index in [1.807, 2.05) is 0 Å². The first kappa shape index (κ1) is 16.8. The molecular formula is C15H20N4O4. The van der Waals surface area contributed by atoms with Gasteiger partial charge in [0.05, 0.1) is 10.9 Å². The van der Waals surface area contributed by atoms with Gasteiger partial charge in [-0.05, 0) is 39.0 Å². The molecule has 0 radical (unpaired) electrons. The number of rotatable bonds is 3. The van der Waals surface area contributed by atoms with Gasteiger partial charge in [0, 0.05) is 18.7 Å². The van der Waals surface area contributed by atoms with Gasteiger partial charge in [-0.3, -0.25) is 14.7 Å². The number of nitrogens with two attached hydrogens (primary N) is 1. The fraction of sp³-hybridized carbons (Fsp3) is 0.400. The molecule has 2 aromatic rings. The zero-order valence-corrected chi connectivity index (χ0v) is 13.3. The van der Waals surface area contributed by atoms with E-state index in [0.29, 0.717) is 16.6 Å².